The molecule has 86 valence electrons. The van der Waals surface area contributed by atoms with Crippen LogP contribution in [0.5, 0.6) is 0 Å². The van der Waals surface area contributed by atoms with Gasteiger partial charge in [-0.25, -0.2) is 18.6 Å². The van der Waals surface area contributed by atoms with E-state index in [4.69, 9.17) is 5.11 Å². The van der Waals surface area contributed by atoms with Gasteiger partial charge in [0, 0.05) is 9.77 Å². The molecule has 0 saturated carbocycles. The molecule has 0 unspecified atom stereocenters. The van der Waals surface area contributed by atoms with E-state index in [1.165, 1.54) is 22.6 Å². The average Bonchev–Trinajstić information content (AvgIpc) is 2.15. The molecule has 9 heteroatoms. The van der Waals surface area contributed by atoms with Crippen LogP contribution >= 0.6 is 22.6 Å². The summed E-state index contributed by atoms with van der Waals surface area (Å²) in [7, 11) is 0. The van der Waals surface area contributed by atoms with Crippen molar-refractivity contribution in [3.63, 3.8) is 0 Å². The molecule has 0 atom stereocenters. The van der Waals surface area contributed by atoms with Crippen LogP contribution in [0, 0.1) is 13.7 Å². The maximum absolute atomic E-state index is 12.6. The van der Waals surface area contributed by atoms with Gasteiger partial charge in [0.05, 0.1) is 4.92 Å². The predicted molar refractivity (Wildman–Crippen MR) is 55.5 cm³/mol. The number of nitrogens with zero attached hydrogens (tertiary/aromatic N) is 2. The van der Waals surface area contributed by atoms with Gasteiger partial charge in [0.25, 0.3) is 6.43 Å². The number of carbonyl (C=O) groups is 1. The summed E-state index contributed by atoms with van der Waals surface area (Å²) < 4.78 is 25.0. The molecule has 1 N–H and O–H groups in total. The number of rotatable bonds is 3. The Morgan fingerprint density at radius 2 is 2.19 bits per heavy atom. The SMILES string of the molecule is O=C(O)c1ncc(I)c(C(F)F)c1[N+](=O)[O-]. The van der Waals surface area contributed by atoms with Gasteiger partial charge in [0.2, 0.25) is 5.69 Å². The van der Waals surface area contributed by atoms with E-state index in [0.717, 1.165) is 6.20 Å². The van der Waals surface area contributed by atoms with Crippen molar-refractivity contribution < 1.29 is 23.6 Å². The Bertz CT molecular complexity index is 466. The highest BCUT2D eigenvalue weighted by atomic mass is 127. The molecule has 0 bridgehead atoms. The monoisotopic (exact) mass is 344 g/mol. The molecule has 1 rings (SSSR count). The lowest BCUT2D eigenvalue weighted by Gasteiger charge is -2.05. The molecular weight excluding hydrogens is 341 g/mol. The third-order valence-corrected chi connectivity index (χ3v) is 2.51. The van der Waals surface area contributed by atoms with E-state index in [-0.39, 0.29) is 3.57 Å². The van der Waals surface area contributed by atoms with Gasteiger partial charge in [-0.1, -0.05) is 0 Å². The normalized spacial score (nSPS) is 10.5. The van der Waals surface area contributed by atoms with Crippen LogP contribution in [0.25, 0.3) is 0 Å². The first-order chi connectivity index (χ1) is 7.36. The molecule has 0 fully saturated rings. The predicted octanol–water partition coefficient (Wildman–Crippen LogP) is 2.23. The van der Waals surface area contributed by atoms with E-state index >= 15 is 0 Å². The van der Waals surface area contributed by atoms with Gasteiger partial charge in [-0.2, -0.15) is 0 Å². The molecule has 0 radical (unpaired) electrons. The van der Waals surface area contributed by atoms with Crippen molar-refractivity contribution in [3.8, 4) is 0 Å². The number of carboxylic acid groups (broad SMARTS) is 1. The summed E-state index contributed by atoms with van der Waals surface area (Å²) >= 11 is 1.43. The maximum Gasteiger partial charge on any atom is 0.361 e. The van der Waals surface area contributed by atoms with Crippen molar-refractivity contribution in [2.75, 3.05) is 0 Å². The van der Waals surface area contributed by atoms with E-state index in [1.807, 2.05) is 0 Å². The zero-order valence-electron chi connectivity index (χ0n) is 7.35. The van der Waals surface area contributed by atoms with E-state index < -0.39 is 34.3 Å². The fraction of sp³-hybridized carbons (Fsp3) is 0.143. The van der Waals surface area contributed by atoms with Crippen molar-refractivity contribution in [1.82, 2.24) is 4.98 Å². The summed E-state index contributed by atoms with van der Waals surface area (Å²) in [6.07, 6.45) is -2.27. The number of halogens is 3. The van der Waals surface area contributed by atoms with Gasteiger partial charge in [0.15, 0.2) is 0 Å². The first-order valence-electron chi connectivity index (χ1n) is 3.70. The highest BCUT2D eigenvalue weighted by Crippen LogP contribution is 2.34. The number of hydrogen-bond donors (Lipinski definition) is 1. The standard InChI is InChI=1S/C7H3F2IN2O4/c8-6(9)3-2(10)1-11-4(7(13)14)5(3)12(15)16/h1,6H,(H,13,14). The van der Waals surface area contributed by atoms with Crippen molar-refractivity contribution in [1.29, 1.82) is 0 Å². The Morgan fingerprint density at radius 1 is 1.62 bits per heavy atom. The molecule has 1 aromatic heterocycles. The number of pyridine rings is 1. The van der Waals surface area contributed by atoms with Crippen LogP contribution < -0.4 is 0 Å². The fourth-order valence-electron chi connectivity index (χ4n) is 1.04. The quantitative estimate of drug-likeness (QED) is 0.516. The molecule has 1 heterocycles. The molecular formula is C7H3F2IN2O4. The Morgan fingerprint density at radius 3 is 2.56 bits per heavy atom. The molecule has 0 saturated heterocycles. The van der Waals surface area contributed by atoms with Crippen molar-refractivity contribution in [2.45, 2.75) is 6.43 Å². The number of aromatic carboxylic acids is 1. The highest BCUT2D eigenvalue weighted by Gasteiger charge is 2.32. The lowest BCUT2D eigenvalue weighted by molar-refractivity contribution is -0.387. The van der Waals surface area contributed by atoms with Gasteiger partial charge in [-0.3, -0.25) is 10.1 Å². The lowest BCUT2D eigenvalue weighted by atomic mass is 10.2. The molecule has 0 amide bonds. The average molecular weight is 344 g/mol. The Hall–Kier alpha value is -1.39. The summed E-state index contributed by atoms with van der Waals surface area (Å²) in [6, 6.07) is 0. The number of alkyl halides is 2. The van der Waals surface area contributed by atoms with Crippen LogP contribution in [0.4, 0.5) is 14.5 Å². The van der Waals surface area contributed by atoms with Crippen LogP contribution in [-0.2, 0) is 0 Å². The number of nitro groups is 1. The molecule has 6 nitrogen and oxygen atoms in total. The maximum atomic E-state index is 12.6. The largest absolute Gasteiger partial charge is 0.476 e. The third-order valence-electron chi connectivity index (χ3n) is 1.65. The molecule has 0 aliphatic heterocycles. The zero-order valence-corrected chi connectivity index (χ0v) is 9.51. The van der Waals surface area contributed by atoms with Crippen molar-refractivity contribution in [3.05, 3.63) is 31.1 Å². The smallest absolute Gasteiger partial charge is 0.361 e. The van der Waals surface area contributed by atoms with E-state index in [2.05, 4.69) is 4.98 Å². The minimum atomic E-state index is -3.13. The van der Waals surface area contributed by atoms with Gasteiger partial charge in [0.1, 0.15) is 5.56 Å². The first-order valence-corrected chi connectivity index (χ1v) is 4.78. The summed E-state index contributed by atoms with van der Waals surface area (Å²) in [6.45, 7) is 0. The summed E-state index contributed by atoms with van der Waals surface area (Å²) in [5.74, 6) is -1.72. The van der Waals surface area contributed by atoms with Crippen LogP contribution in [0.3, 0.4) is 0 Å². The van der Waals surface area contributed by atoms with E-state index in [9.17, 15) is 23.7 Å². The second-order valence-corrected chi connectivity index (χ2v) is 3.74. The number of hydrogen-bond acceptors (Lipinski definition) is 4. The molecule has 0 aromatic carbocycles. The Balaban J connectivity index is 3.63. The minimum Gasteiger partial charge on any atom is -0.476 e. The van der Waals surface area contributed by atoms with Gasteiger partial charge in [-0.15, -0.1) is 0 Å². The van der Waals surface area contributed by atoms with Crippen molar-refractivity contribution >= 4 is 34.2 Å². The summed E-state index contributed by atoms with van der Waals surface area (Å²) in [5, 5.41) is 19.2. The molecule has 0 aliphatic rings. The van der Waals surface area contributed by atoms with Crippen LogP contribution in [0.1, 0.15) is 22.5 Å². The highest BCUT2D eigenvalue weighted by molar-refractivity contribution is 14.1. The van der Waals surface area contributed by atoms with Crippen molar-refractivity contribution in [2.24, 2.45) is 0 Å². The number of aromatic nitrogens is 1. The summed E-state index contributed by atoms with van der Waals surface area (Å²) in [4.78, 5) is 23.3. The van der Waals surface area contributed by atoms with Crippen LogP contribution in [0.15, 0.2) is 6.20 Å². The van der Waals surface area contributed by atoms with Gasteiger partial charge in [-0.05, 0) is 22.6 Å². The second kappa shape index (κ2) is 4.63. The lowest BCUT2D eigenvalue weighted by Crippen LogP contribution is -2.10. The van der Waals surface area contributed by atoms with Gasteiger partial charge < -0.3 is 5.11 Å². The van der Waals surface area contributed by atoms with Gasteiger partial charge >= 0.3 is 11.7 Å². The molecule has 0 aliphatic carbocycles. The van der Waals surface area contributed by atoms with E-state index in [0.29, 0.717) is 0 Å². The Kier molecular flexibility index (Phi) is 3.67. The topological polar surface area (TPSA) is 93.3 Å². The van der Waals surface area contributed by atoms with E-state index in [1.54, 1.807) is 0 Å². The molecule has 16 heavy (non-hydrogen) atoms. The zero-order chi connectivity index (χ0) is 12.5. The second-order valence-electron chi connectivity index (χ2n) is 2.58. The molecule has 1 aromatic rings. The summed E-state index contributed by atoms with van der Waals surface area (Å²) in [5.41, 5.74) is -3.06. The Labute approximate surface area is 101 Å². The number of carboxylic acids is 1. The van der Waals surface area contributed by atoms with Crippen LogP contribution in [-0.4, -0.2) is 21.0 Å². The fourth-order valence-corrected chi connectivity index (χ4v) is 1.67. The molecule has 0 spiro atoms. The minimum absolute atomic E-state index is 0.149. The third kappa shape index (κ3) is 2.23. The first kappa shape index (κ1) is 12.7. The van der Waals surface area contributed by atoms with Crippen LogP contribution in [0.2, 0.25) is 0 Å².